The molecule has 0 fully saturated rings. The summed E-state index contributed by atoms with van der Waals surface area (Å²) in [5, 5.41) is 10.1. The van der Waals surface area contributed by atoms with Crippen molar-refractivity contribution >= 4 is 34.8 Å². The number of aliphatic hydroxyl groups is 1. The fourth-order valence-electron chi connectivity index (χ4n) is 0.250. The predicted octanol–water partition coefficient (Wildman–Crippen LogP) is 2.21. The molecule has 0 unspecified atom stereocenters. The van der Waals surface area contributed by atoms with E-state index >= 15 is 0 Å². The number of hydrogen-bond donors (Lipinski definition) is 2. The van der Waals surface area contributed by atoms with Crippen molar-refractivity contribution in [3.63, 3.8) is 0 Å². The Labute approximate surface area is 83.8 Å². The first-order valence-electron chi connectivity index (χ1n) is 3.22. The average molecular weight is 225 g/mol. The van der Waals surface area contributed by atoms with Crippen LogP contribution in [-0.4, -0.2) is 29.6 Å². The first kappa shape index (κ1) is 17.8. The monoisotopic (exact) mass is 223 g/mol. The molecule has 0 heterocycles. The first-order valence-corrected chi connectivity index (χ1v) is 4.53. The molecule has 0 aromatic carbocycles. The van der Waals surface area contributed by atoms with Crippen LogP contribution in [0.15, 0.2) is 0 Å². The van der Waals surface area contributed by atoms with Crippen LogP contribution in [0.2, 0.25) is 0 Å². The zero-order valence-electron chi connectivity index (χ0n) is 7.07. The highest BCUT2D eigenvalue weighted by molar-refractivity contribution is 6.63. The summed E-state index contributed by atoms with van der Waals surface area (Å²) in [6.45, 7) is 6.39. The van der Waals surface area contributed by atoms with Crippen LogP contribution in [0.4, 0.5) is 0 Å². The molecule has 0 bridgehead atoms. The lowest BCUT2D eigenvalue weighted by Crippen LogP contribution is -2.09. The van der Waals surface area contributed by atoms with Gasteiger partial charge in [-0.15, -0.1) is 0 Å². The largest absolute Gasteiger partial charge is 0.400 e. The molecule has 0 aliphatic carbocycles. The van der Waals surface area contributed by atoms with Gasteiger partial charge in [0.25, 0.3) is 0 Å². The lowest BCUT2D eigenvalue weighted by atomic mass is 10.7. The molecule has 0 radical (unpaired) electrons. The van der Waals surface area contributed by atoms with Crippen LogP contribution in [0.5, 0.6) is 0 Å². The van der Waals surface area contributed by atoms with Gasteiger partial charge in [0.2, 0.25) is 0 Å². The summed E-state index contributed by atoms with van der Waals surface area (Å²) < 4.78 is -0.750. The van der Waals surface area contributed by atoms with Gasteiger partial charge < -0.3 is 10.4 Å². The zero-order valence-corrected chi connectivity index (χ0v) is 9.34. The third-order valence-electron chi connectivity index (χ3n) is 0.500. The molecule has 0 aromatic rings. The molecular weight excluding hydrogens is 208 g/mol. The fraction of sp³-hybridized carbons (Fsp3) is 1.00. The van der Waals surface area contributed by atoms with Crippen LogP contribution in [0.3, 0.4) is 0 Å². The highest BCUT2D eigenvalue weighted by Gasteiger charge is 1.78. The van der Waals surface area contributed by atoms with Crippen LogP contribution in [-0.2, 0) is 0 Å². The van der Waals surface area contributed by atoms with E-state index < -0.39 is 4.30 Å². The summed E-state index contributed by atoms with van der Waals surface area (Å²) in [6, 6.07) is 0. The Morgan fingerprint density at radius 3 is 1.27 bits per heavy atom. The molecule has 0 atom stereocenters. The maximum atomic E-state index is 7.00. The van der Waals surface area contributed by atoms with Crippen molar-refractivity contribution in [2.75, 3.05) is 20.2 Å². The molecule has 0 spiro atoms. The lowest BCUT2D eigenvalue weighted by Gasteiger charge is -1.86. The standard InChI is InChI=1S/C4H11N.CHCl3.CH4O/c1-3-5-4-2;2-1(3)4;1-2/h5H,3-4H2,1-2H3;1H;2H,1H3. The van der Waals surface area contributed by atoms with Gasteiger partial charge >= 0.3 is 0 Å². The topological polar surface area (TPSA) is 32.3 Å². The van der Waals surface area contributed by atoms with E-state index in [4.69, 9.17) is 39.9 Å². The smallest absolute Gasteiger partial charge is 0.180 e. The van der Waals surface area contributed by atoms with Crippen molar-refractivity contribution in [1.82, 2.24) is 5.32 Å². The number of hydrogen-bond acceptors (Lipinski definition) is 2. The van der Waals surface area contributed by atoms with Gasteiger partial charge in [0.15, 0.2) is 4.30 Å². The van der Waals surface area contributed by atoms with Crippen LogP contribution in [0, 0.1) is 0 Å². The molecule has 0 saturated heterocycles. The van der Waals surface area contributed by atoms with Crippen molar-refractivity contribution in [1.29, 1.82) is 0 Å². The van der Waals surface area contributed by atoms with Crippen molar-refractivity contribution in [2.45, 2.75) is 18.1 Å². The Morgan fingerprint density at radius 1 is 1.09 bits per heavy atom. The highest BCUT2D eigenvalue weighted by atomic mass is 35.6. The summed E-state index contributed by atoms with van der Waals surface area (Å²) in [4.78, 5) is 0. The van der Waals surface area contributed by atoms with Crippen LogP contribution in [0.25, 0.3) is 0 Å². The summed E-state index contributed by atoms with van der Waals surface area (Å²) in [5.74, 6) is 0. The fourth-order valence-corrected chi connectivity index (χ4v) is 0.250. The third kappa shape index (κ3) is 107. The maximum absolute atomic E-state index is 7.00. The molecule has 0 aliphatic heterocycles. The van der Waals surface area contributed by atoms with Gasteiger partial charge in [-0.25, -0.2) is 0 Å². The number of alkyl halides is 3. The van der Waals surface area contributed by atoms with Crippen LogP contribution in [0.1, 0.15) is 13.8 Å². The number of nitrogens with one attached hydrogen (secondary N) is 1. The molecule has 2 N–H and O–H groups in total. The summed E-state index contributed by atoms with van der Waals surface area (Å²) in [7, 11) is 1.00. The van der Waals surface area contributed by atoms with E-state index in [1.54, 1.807) is 0 Å². The molecule has 2 nitrogen and oxygen atoms in total. The van der Waals surface area contributed by atoms with E-state index in [0.717, 1.165) is 20.2 Å². The summed E-state index contributed by atoms with van der Waals surface area (Å²) in [6.07, 6.45) is 0. The molecule has 0 aromatic heterocycles. The SMILES string of the molecule is CCNCC.CO.ClC(Cl)Cl. The van der Waals surface area contributed by atoms with Gasteiger partial charge in [-0.3, -0.25) is 0 Å². The van der Waals surface area contributed by atoms with Gasteiger partial charge in [-0.2, -0.15) is 0 Å². The predicted molar refractivity (Wildman–Crippen MR) is 53.7 cm³/mol. The quantitative estimate of drug-likeness (QED) is 0.705. The minimum absolute atomic E-state index is 0.750. The number of rotatable bonds is 2. The number of halogens is 3. The maximum Gasteiger partial charge on any atom is 0.180 e. The molecule has 5 heteroatoms. The Kier molecular flexibility index (Phi) is 36.2. The molecule has 72 valence electrons. The molecule has 0 rings (SSSR count). The van der Waals surface area contributed by atoms with Crippen molar-refractivity contribution < 1.29 is 5.11 Å². The summed E-state index contributed by atoms with van der Waals surface area (Å²) >= 11 is 14.4. The second-order valence-corrected chi connectivity index (χ2v) is 3.18. The molecule has 0 aliphatic rings. The van der Waals surface area contributed by atoms with E-state index in [9.17, 15) is 0 Å². The van der Waals surface area contributed by atoms with Gasteiger partial charge in [0, 0.05) is 7.11 Å². The first-order chi connectivity index (χ1) is 5.15. The Hall–Kier alpha value is 0.790. The van der Waals surface area contributed by atoms with Crippen molar-refractivity contribution in [2.24, 2.45) is 0 Å². The van der Waals surface area contributed by atoms with E-state index in [0.29, 0.717) is 0 Å². The van der Waals surface area contributed by atoms with Gasteiger partial charge in [0.1, 0.15) is 0 Å². The van der Waals surface area contributed by atoms with Gasteiger partial charge in [-0.1, -0.05) is 48.7 Å². The van der Waals surface area contributed by atoms with Gasteiger partial charge in [0.05, 0.1) is 0 Å². The minimum atomic E-state index is -0.750. The van der Waals surface area contributed by atoms with Crippen LogP contribution < -0.4 is 5.32 Å². The van der Waals surface area contributed by atoms with Gasteiger partial charge in [-0.05, 0) is 13.1 Å². The molecule has 0 amide bonds. The van der Waals surface area contributed by atoms with E-state index in [2.05, 4.69) is 19.2 Å². The van der Waals surface area contributed by atoms with Crippen LogP contribution >= 0.6 is 34.8 Å². The molecular formula is C6H16Cl3NO. The lowest BCUT2D eigenvalue weighted by molar-refractivity contribution is 0.399. The van der Waals surface area contributed by atoms with Crippen molar-refractivity contribution in [3.05, 3.63) is 0 Å². The normalized spacial score (nSPS) is 7.64. The summed E-state index contributed by atoms with van der Waals surface area (Å²) in [5.41, 5.74) is 0. The highest BCUT2D eigenvalue weighted by Crippen LogP contribution is 2.03. The van der Waals surface area contributed by atoms with E-state index in [1.807, 2.05) is 0 Å². The Morgan fingerprint density at radius 2 is 1.27 bits per heavy atom. The molecule has 0 saturated carbocycles. The number of aliphatic hydroxyl groups excluding tert-OH is 1. The average Bonchev–Trinajstić information content (AvgIpc) is 1.93. The Balaban J connectivity index is -0.0000000965. The van der Waals surface area contributed by atoms with E-state index in [-0.39, 0.29) is 0 Å². The Bertz CT molecular complexity index is 42.1. The zero-order chi connectivity index (χ0) is 9.70. The second kappa shape index (κ2) is 22.4. The molecule has 11 heavy (non-hydrogen) atoms. The van der Waals surface area contributed by atoms with E-state index in [1.165, 1.54) is 0 Å². The minimum Gasteiger partial charge on any atom is -0.400 e. The van der Waals surface area contributed by atoms with Crippen molar-refractivity contribution in [3.8, 4) is 0 Å². The second-order valence-electron chi connectivity index (χ2n) is 1.20. The third-order valence-corrected chi connectivity index (χ3v) is 0.500.